The van der Waals surface area contributed by atoms with Gasteiger partial charge in [0.15, 0.2) is 0 Å². The molecule has 228 valence electrons. The molecule has 4 aromatic heterocycles. The third-order valence-electron chi connectivity index (χ3n) is 8.13. The van der Waals surface area contributed by atoms with Gasteiger partial charge < -0.3 is 23.0 Å². The van der Waals surface area contributed by atoms with Gasteiger partial charge in [0, 0.05) is 53.4 Å². The van der Waals surface area contributed by atoms with Crippen molar-refractivity contribution in [2.75, 3.05) is 4.90 Å². The van der Waals surface area contributed by atoms with E-state index in [-0.39, 0.29) is 21.1 Å². The van der Waals surface area contributed by atoms with Gasteiger partial charge in [-0.05, 0) is 42.1 Å². The van der Waals surface area contributed by atoms with Crippen LogP contribution in [0.2, 0.25) is 0 Å². The maximum atomic E-state index is 6.76. The molecule has 4 heterocycles. The topological polar surface area (TPSA) is 69.5 Å². The van der Waals surface area contributed by atoms with Crippen LogP contribution in [0, 0.1) is 12.1 Å². The van der Waals surface area contributed by atoms with E-state index in [1.807, 2.05) is 126 Å². The third kappa shape index (κ3) is 4.87. The van der Waals surface area contributed by atoms with E-state index in [9.17, 15) is 0 Å². The van der Waals surface area contributed by atoms with Gasteiger partial charge in [0.2, 0.25) is 0 Å². The standard InChI is InChI=1S/C39H24N4O3.Pt/c1-42-20-19-41-39(42)25-21-30-28-13-5-8-16-34(28)46-38(30)35(22-25)44-27-23-31-29-14-6-7-15-33(29)45-37(31)32(24-27)43(26-11-3-2-4-12-26)36-17-9-10-18-40-36;/h2-21,23H,1H3;/q-2;+2. The van der Waals surface area contributed by atoms with Crippen LogP contribution in [0.3, 0.4) is 0 Å². The van der Waals surface area contributed by atoms with Crippen LogP contribution in [0.5, 0.6) is 11.5 Å². The van der Waals surface area contributed by atoms with Crippen molar-refractivity contribution in [1.82, 2.24) is 14.5 Å². The van der Waals surface area contributed by atoms with Gasteiger partial charge in [0.25, 0.3) is 0 Å². The Morgan fingerprint density at radius 3 is 2.06 bits per heavy atom. The molecule has 0 unspecified atom stereocenters. The first kappa shape index (κ1) is 28.8. The Morgan fingerprint density at radius 2 is 1.36 bits per heavy atom. The van der Waals surface area contributed by atoms with Crippen molar-refractivity contribution in [2.45, 2.75) is 0 Å². The van der Waals surface area contributed by atoms with E-state index < -0.39 is 0 Å². The van der Waals surface area contributed by atoms with Crippen molar-refractivity contribution < 1.29 is 34.6 Å². The fraction of sp³-hybridized carbons (Fsp3) is 0.0256. The summed E-state index contributed by atoms with van der Waals surface area (Å²) in [6.07, 6.45) is 5.46. The van der Waals surface area contributed by atoms with E-state index in [0.29, 0.717) is 34.2 Å². The number of ether oxygens (including phenoxy) is 1. The summed E-state index contributed by atoms with van der Waals surface area (Å²) in [5.74, 6) is 2.39. The quantitative estimate of drug-likeness (QED) is 0.156. The Balaban J connectivity index is 0.00000324. The zero-order valence-electron chi connectivity index (χ0n) is 25.0. The summed E-state index contributed by atoms with van der Waals surface area (Å²) in [6, 6.07) is 42.9. The van der Waals surface area contributed by atoms with Crippen molar-refractivity contribution in [2.24, 2.45) is 7.05 Å². The molecule has 0 aliphatic heterocycles. The van der Waals surface area contributed by atoms with Gasteiger partial charge in [-0.25, -0.2) is 4.98 Å². The molecule has 8 heteroatoms. The normalized spacial score (nSPS) is 11.3. The minimum absolute atomic E-state index is 0. The van der Waals surface area contributed by atoms with Gasteiger partial charge in [0.1, 0.15) is 17.0 Å². The number of fused-ring (bicyclic) bond motifs is 6. The summed E-state index contributed by atoms with van der Waals surface area (Å²) in [5.41, 5.74) is 5.14. The van der Waals surface area contributed by atoms with Gasteiger partial charge in [0.05, 0.1) is 17.2 Å². The van der Waals surface area contributed by atoms with E-state index in [2.05, 4.69) is 23.2 Å². The summed E-state index contributed by atoms with van der Waals surface area (Å²) in [5, 5.41) is 3.75. The average Bonchev–Trinajstić information content (AvgIpc) is 3.81. The number of aryl methyl sites for hydroxylation is 1. The molecule has 0 spiro atoms. The number of aromatic nitrogens is 3. The van der Waals surface area contributed by atoms with E-state index in [0.717, 1.165) is 49.8 Å². The largest absolute Gasteiger partial charge is 2.00 e. The summed E-state index contributed by atoms with van der Waals surface area (Å²) in [6.45, 7) is 0. The number of para-hydroxylation sites is 3. The number of rotatable bonds is 6. The molecule has 0 saturated heterocycles. The second-order valence-electron chi connectivity index (χ2n) is 11.0. The first-order valence-corrected chi connectivity index (χ1v) is 14.9. The second-order valence-corrected chi connectivity index (χ2v) is 11.0. The predicted molar refractivity (Wildman–Crippen MR) is 180 cm³/mol. The van der Waals surface area contributed by atoms with Crippen LogP contribution in [-0.2, 0) is 28.1 Å². The van der Waals surface area contributed by atoms with Crippen LogP contribution in [0.15, 0.2) is 137 Å². The summed E-state index contributed by atoms with van der Waals surface area (Å²) in [7, 11) is 1.96. The van der Waals surface area contributed by atoms with Crippen LogP contribution < -0.4 is 9.64 Å². The maximum absolute atomic E-state index is 6.76. The summed E-state index contributed by atoms with van der Waals surface area (Å²) >= 11 is 0. The molecular formula is C39H24N4O3Pt. The summed E-state index contributed by atoms with van der Waals surface area (Å²) < 4.78 is 21.6. The van der Waals surface area contributed by atoms with Crippen LogP contribution in [0.25, 0.3) is 55.3 Å². The molecule has 5 aromatic carbocycles. The van der Waals surface area contributed by atoms with Gasteiger partial charge in [-0.15, -0.1) is 23.8 Å². The van der Waals surface area contributed by atoms with Gasteiger partial charge in [-0.3, -0.25) is 4.98 Å². The Labute approximate surface area is 283 Å². The number of benzene rings is 5. The molecule has 9 aromatic rings. The van der Waals surface area contributed by atoms with Crippen molar-refractivity contribution in [1.29, 1.82) is 0 Å². The number of hydrogen-bond acceptors (Lipinski definition) is 6. The van der Waals surface area contributed by atoms with E-state index >= 15 is 0 Å². The molecule has 0 N–H and O–H groups in total. The van der Waals surface area contributed by atoms with Crippen molar-refractivity contribution in [3.63, 3.8) is 0 Å². The number of hydrogen-bond donors (Lipinski definition) is 0. The Bertz CT molecular complexity index is 2500. The van der Waals surface area contributed by atoms with Crippen LogP contribution in [-0.4, -0.2) is 14.5 Å². The molecule has 0 atom stereocenters. The molecule has 0 amide bonds. The number of imidazole rings is 1. The smallest absolute Gasteiger partial charge is 0.513 e. The number of pyridine rings is 1. The predicted octanol–water partition coefficient (Wildman–Crippen LogP) is 10.1. The number of nitrogens with zero attached hydrogens (tertiary/aromatic N) is 4. The average molecular weight is 792 g/mol. The molecule has 0 aliphatic rings. The van der Waals surface area contributed by atoms with Crippen molar-refractivity contribution in [3.05, 3.63) is 140 Å². The molecule has 7 nitrogen and oxygen atoms in total. The number of anilines is 3. The van der Waals surface area contributed by atoms with E-state index in [4.69, 9.17) is 18.6 Å². The Morgan fingerprint density at radius 1 is 0.681 bits per heavy atom. The van der Waals surface area contributed by atoms with Gasteiger partial charge in [-0.1, -0.05) is 77.5 Å². The van der Waals surface area contributed by atoms with Crippen LogP contribution >= 0.6 is 0 Å². The zero-order valence-corrected chi connectivity index (χ0v) is 27.2. The Hall–Kier alpha value is -5.65. The molecule has 0 bridgehead atoms. The zero-order chi connectivity index (χ0) is 30.6. The van der Waals surface area contributed by atoms with E-state index in [1.54, 1.807) is 12.4 Å². The number of furan rings is 2. The van der Waals surface area contributed by atoms with Crippen LogP contribution in [0.4, 0.5) is 17.2 Å². The van der Waals surface area contributed by atoms with Crippen molar-refractivity contribution >= 4 is 61.1 Å². The molecule has 0 saturated carbocycles. The molecule has 9 rings (SSSR count). The third-order valence-corrected chi connectivity index (χ3v) is 8.13. The molecule has 0 radical (unpaired) electrons. The Kier molecular flexibility index (Phi) is 7.11. The SMILES string of the molecule is Cn1ccnc1-c1[c-]c(Oc2[c-]c(N(c3ccccc3)c3ccccn3)c3oc4ccccc4c3c2)c2oc3ccccc3c2c1.[Pt+2]. The monoisotopic (exact) mass is 791 g/mol. The first-order chi connectivity index (χ1) is 22.7. The molecule has 0 fully saturated rings. The van der Waals surface area contributed by atoms with Gasteiger partial charge >= 0.3 is 21.1 Å². The summed E-state index contributed by atoms with van der Waals surface area (Å²) in [4.78, 5) is 11.3. The van der Waals surface area contributed by atoms with Crippen LogP contribution in [0.1, 0.15) is 0 Å². The van der Waals surface area contributed by atoms with Gasteiger partial charge in [-0.2, -0.15) is 0 Å². The fourth-order valence-electron chi connectivity index (χ4n) is 6.04. The first-order valence-electron chi connectivity index (χ1n) is 14.9. The minimum Gasteiger partial charge on any atom is -0.513 e. The van der Waals surface area contributed by atoms with E-state index in [1.165, 1.54) is 0 Å². The molecule has 47 heavy (non-hydrogen) atoms. The maximum Gasteiger partial charge on any atom is 2.00 e. The minimum atomic E-state index is 0. The second kappa shape index (κ2) is 11.6. The molecule has 0 aliphatic carbocycles. The van der Waals surface area contributed by atoms with Crippen molar-refractivity contribution in [3.8, 4) is 22.9 Å². The fourth-order valence-corrected chi connectivity index (χ4v) is 6.04. The molecular weight excluding hydrogens is 768 g/mol.